The number of esters is 1. The van der Waals surface area contributed by atoms with Crippen LogP contribution >= 0.6 is 0 Å². The quantitative estimate of drug-likeness (QED) is 0.778. The van der Waals surface area contributed by atoms with Gasteiger partial charge in [0, 0.05) is 17.8 Å². The fourth-order valence-corrected chi connectivity index (χ4v) is 2.43. The lowest BCUT2D eigenvalue weighted by atomic mass is 10.2. The number of methoxy groups -OCH3 is 2. The highest BCUT2D eigenvalue weighted by atomic mass is 16.7. The predicted molar refractivity (Wildman–Crippen MR) is 95.6 cm³/mol. The van der Waals surface area contributed by atoms with Crippen LogP contribution in [0.15, 0.2) is 36.4 Å². The molecule has 2 aromatic rings. The SMILES string of the molecule is COc1cc(OC)cc(C(=O)OC(C)C(=O)Nc2ccc3c(c2)OCO3)c1. The van der Waals surface area contributed by atoms with Crippen LogP contribution in [0.25, 0.3) is 0 Å². The monoisotopic (exact) mass is 373 g/mol. The molecule has 0 bridgehead atoms. The molecule has 0 spiro atoms. The molecule has 1 N–H and O–H groups in total. The Morgan fingerprint density at radius 1 is 1.00 bits per heavy atom. The molecule has 142 valence electrons. The second kappa shape index (κ2) is 7.86. The summed E-state index contributed by atoms with van der Waals surface area (Å²) in [6, 6.07) is 9.65. The lowest BCUT2D eigenvalue weighted by Gasteiger charge is -2.14. The minimum atomic E-state index is -1.01. The molecule has 1 amide bonds. The number of hydrogen-bond acceptors (Lipinski definition) is 7. The topological polar surface area (TPSA) is 92.3 Å². The first-order chi connectivity index (χ1) is 13.0. The molecule has 27 heavy (non-hydrogen) atoms. The first kappa shape index (κ1) is 18.4. The van der Waals surface area contributed by atoms with Crippen molar-refractivity contribution in [3.8, 4) is 23.0 Å². The Kier molecular flexibility index (Phi) is 5.35. The molecule has 0 aliphatic carbocycles. The number of amides is 1. The number of fused-ring (bicyclic) bond motifs is 1. The Balaban J connectivity index is 1.65. The molecule has 8 heteroatoms. The minimum Gasteiger partial charge on any atom is -0.497 e. The van der Waals surface area contributed by atoms with E-state index in [2.05, 4.69) is 5.32 Å². The van der Waals surface area contributed by atoms with E-state index in [-0.39, 0.29) is 12.4 Å². The molecular formula is C19H19NO7. The molecule has 1 heterocycles. The third-order valence-electron chi connectivity index (χ3n) is 3.88. The molecule has 0 aromatic heterocycles. The van der Waals surface area contributed by atoms with Crippen molar-refractivity contribution in [2.45, 2.75) is 13.0 Å². The molecule has 0 saturated carbocycles. The number of carbonyl (C=O) groups is 2. The first-order valence-corrected chi connectivity index (χ1v) is 8.14. The fraction of sp³-hybridized carbons (Fsp3) is 0.263. The highest BCUT2D eigenvalue weighted by Gasteiger charge is 2.21. The molecule has 1 unspecified atom stereocenters. The highest BCUT2D eigenvalue weighted by Crippen LogP contribution is 2.34. The summed E-state index contributed by atoms with van der Waals surface area (Å²) < 4.78 is 26.0. The van der Waals surface area contributed by atoms with Gasteiger partial charge in [0.1, 0.15) is 11.5 Å². The summed E-state index contributed by atoms with van der Waals surface area (Å²) in [5.41, 5.74) is 0.726. The third-order valence-corrected chi connectivity index (χ3v) is 3.88. The van der Waals surface area contributed by atoms with E-state index in [1.165, 1.54) is 33.3 Å². The smallest absolute Gasteiger partial charge is 0.339 e. The largest absolute Gasteiger partial charge is 0.497 e. The van der Waals surface area contributed by atoms with E-state index < -0.39 is 18.0 Å². The van der Waals surface area contributed by atoms with Crippen LogP contribution < -0.4 is 24.3 Å². The van der Waals surface area contributed by atoms with Crippen molar-refractivity contribution in [2.24, 2.45) is 0 Å². The van der Waals surface area contributed by atoms with E-state index in [4.69, 9.17) is 23.7 Å². The van der Waals surface area contributed by atoms with Gasteiger partial charge in [-0.25, -0.2) is 4.79 Å². The number of benzene rings is 2. The van der Waals surface area contributed by atoms with E-state index in [9.17, 15) is 9.59 Å². The Hall–Kier alpha value is -3.42. The predicted octanol–water partition coefficient (Wildman–Crippen LogP) is 2.62. The van der Waals surface area contributed by atoms with Gasteiger partial charge in [-0.05, 0) is 31.2 Å². The van der Waals surface area contributed by atoms with Crippen molar-refractivity contribution in [1.82, 2.24) is 0 Å². The number of carbonyl (C=O) groups excluding carboxylic acids is 2. The lowest BCUT2D eigenvalue weighted by Crippen LogP contribution is -2.30. The summed E-state index contributed by atoms with van der Waals surface area (Å²) in [5.74, 6) is 0.899. The van der Waals surface area contributed by atoms with E-state index >= 15 is 0 Å². The number of ether oxygens (including phenoxy) is 5. The zero-order valence-corrected chi connectivity index (χ0v) is 15.1. The van der Waals surface area contributed by atoms with Gasteiger partial charge in [0.2, 0.25) is 6.79 Å². The zero-order valence-electron chi connectivity index (χ0n) is 15.1. The normalized spacial score (nSPS) is 12.9. The van der Waals surface area contributed by atoms with Crippen LogP contribution in [0.1, 0.15) is 17.3 Å². The molecule has 1 aliphatic heterocycles. The van der Waals surface area contributed by atoms with Gasteiger partial charge in [-0.2, -0.15) is 0 Å². The Bertz CT molecular complexity index is 843. The van der Waals surface area contributed by atoms with Gasteiger partial charge < -0.3 is 29.0 Å². The average Bonchev–Trinajstić information content (AvgIpc) is 3.15. The summed E-state index contributed by atoms with van der Waals surface area (Å²) in [6.45, 7) is 1.63. The zero-order chi connectivity index (χ0) is 19.4. The molecule has 1 aliphatic rings. The van der Waals surface area contributed by atoms with Crippen molar-refractivity contribution in [1.29, 1.82) is 0 Å². The number of nitrogens with one attached hydrogen (secondary N) is 1. The molecular weight excluding hydrogens is 354 g/mol. The van der Waals surface area contributed by atoms with Crippen molar-refractivity contribution < 1.29 is 33.3 Å². The third kappa shape index (κ3) is 4.22. The number of anilines is 1. The van der Waals surface area contributed by atoms with Gasteiger partial charge in [0.25, 0.3) is 5.91 Å². The standard InChI is InChI=1S/C19H19NO7/c1-11(18(21)20-13-4-5-16-17(8-13)26-10-25-16)27-19(22)12-6-14(23-2)9-15(7-12)24-3/h4-9,11H,10H2,1-3H3,(H,20,21). The summed E-state index contributed by atoms with van der Waals surface area (Å²) in [4.78, 5) is 24.7. The van der Waals surface area contributed by atoms with E-state index in [1.54, 1.807) is 24.3 Å². The Morgan fingerprint density at radius 3 is 2.33 bits per heavy atom. The van der Waals surface area contributed by atoms with Crippen LogP contribution in [-0.4, -0.2) is 39.0 Å². The van der Waals surface area contributed by atoms with Gasteiger partial charge >= 0.3 is 5.97 Å². The molecule has 8 nitrogen and oxygen atoms in total. The fourth-order valence-electron chi connectivity index (χ4n) is 2.43. The van der Waals surface area contributed by atoms with E-state index in [1.807, 2.05) is 0 Å². The average molecular weight is 373 g/mol. The maximum atomic E-state index is 12.4. The van der Waals surface area contributed by atoms with Crippen molar-refractivity contribution in [3.63, 3.8) is 0 Å². The molecule has 3 rings (SSSR count). The lowest BCUT2D eigenvalue weighted by molar-refractivity contribution is -0.123. The van der Waals surface area contributed by atoms with Gasteiger partial charge in [-0.15, -0.1) is 0 Å². The molecule has 2 aromatic carbocycles. The maximum Gasteiger partial charge on any atom is 0.339 e. The number of hydrogen-bond donors (Lipinski definition) is 1. The molecule has 0 saturated heterocycles. The van der Waals surface area contributed by atoms with Crippen LogP contribution in [0.3, 0.4) is 0 Å². The van der Waals surface area contributed by atoms with E-state index in [0.29, 0.717) is 28.7 Å². The van der Waals surface area contributed by atoms with Crippen molar-refractivity contribution in [2.75, 3.05) is 26.3 Å². The van der Waals surface area contributed by atoms with Crippen LogP contribution in [0, 0.1) is 0 Å². The van der Waals surface area contributed by atoms with Crippen LogP contribution in [0.4, 0.5) is 5.69 Å². The number of rotatable bonds is 6. The van der Waals surface area contributed by atoms with Gasteiger partial charge in [-0.1, -0.05) is 0 Å². The summed E-state index contributed by atoms with van der Waals surface area (Å²) in [5, 5.41) is 2.67. The van der Waals surface area contributed by atoms with Gasteiger partial charge in [0.05, 0.1) is 19.8 Å². The first-order valence-electron chi connectivity index (χ1n) is 8.14. The Morgan fingerprint density at radius 2 is 1.67 bits per heavy atom. The van der Waals surface area contributed by atoms with Gasteiger partial charge in [0.15, 0.2) is 17.6 Å². The molecule has 0 radical (unpaired) electrons. The summed E-state index contributed by atoms with van der Waals surface area (Å²) >= 11 is 0. The second-order valence-electron chi connectivity index (χ2n) is 5.71. The minimum absolute atomic E-state index is 0.144. The van der Waals surface area contributed by atoms with Crippen LogP contribution in [-0.2, 0) is 9.53 Å². The highest BCUT2D eigenvalue weighted by molar-refractivity contribution is 5.97. The summed E-state index contributed by atoms with van der Waals surface area (Å²) in [6.07, 6.45) is -1.01. The van der Waals surface area contributed by atoms with Gasteiger partial charge in [-0.3, -0.25) is 4.79 Å². The maximum absolute atomic E-state index is 12.4. The molecule has 0 fully saturated rings. The Labute approximate surface area is 155 Å². The van der Waals surface area contributed by atoms with E-state index in [0.717, 1.165) is 0 Å². The summed E-state index contributed by atoms with van der Waals surface area (Å²) in [7, 11) is 2.96. The second-order valence-corrected chi connectivity index (χ2v) is 5.71. The van der Waals surface area contributed by atoms with Crippen LogP contribution in [0.2, 0.25) is 0 Å². The van der Waals surface area contributed by atoms with Crippen molar-refractivity contribution >= 4 is 17.6 Å². The molecule has 1 atom stereocenters. The van der Waals surface area contributed by atoms with Crippen LogP contribution in [0.5, 0.6) is 23.0 Å². The van der Waals surface area contributed by atoms with Crippen molar-refractivity contribution in [3.05, 3.63) is 42.0 Å².